The van der Waals surface area contributed by atoms with Crippen molar-refractivity contribution < 1.29 is 4.74 Å². The standard InChI is InChI=1S/C13H13ClN2O/c14-12-5-13(8-16-7-12)17-9-11-4-2-1-3-10(11)6-15/h1-5,7-8H,6,9,15H2. The van der Waals surface area contributed by atoms with Crippen LogP contribution < -0.4 is 10.5 Å². The smallest absolute Gasteiger partial charge is 0.139 e. The zero-order chi connectivity index (χ0) is 12.1. The second kappa shape index (κ2) is 5.66. The van der Waals surface area contributed by atoms with Crippen molar-refractivity contribution in [3.63, 3.8) is 0 Å². The van der Waals surface area contributed by atoms with Gasteiger partial charge < -0.3 is 10.5 Å². The third-order valence-electron chi connectivity index (χ3n) is 2.41. The van der Waals surface area contributed by atoms with E-state index in [2.05, 4.69) is 4.98 Å². The summed E-state index contributed by atoms with van der Waals surface area (Å²) in [7, 11) is 0. The molecule has 0 bridgehead atoms. The van der Waals surface area contributed by atoms with Crippen LogP contribution in [0, 0.1) is 0 Å². The molecule has 0 atom stereocenters. The van der Waals surface area contributed by atoms with Gasteiger partial charge in [-0.1, -0.05) is 35.9 Å². The van der Waals surface area contributed by atoms with Gasteiger partial charge in [0.1, 0.15) is 12.4 Å². The molecule has 2 aromatic rings. The van der Waals surface area contributed by atoms with Crippen LogP contribution in [-0.2, 0) is 13.2 Å². The number of benzene rings is 1. The van der Waals surface area contributed by atoms with Gasteiger partial charge in [-0.15, -0.1) is 0 Å². The lowest BCUT2D eigenvalue weighted by molar-refractivity contribution is 0.304. The quantitative estimate of drug-likeness (QED) is 0.905. The van der Waals surface area contributed by atoms with Crippen LogP contribution in [-0.4, -0.2) is 4.98 Å². The molecule has 1 heterocycles. The lowest BCUT2D eigenvalue weighted by Crippen LogP contribution is -2.04. The lowest BCUT2D eigenvalue weighted by atomic mass is 10.1. The van der Waals surface area contributed by atoms with Crippen molar-refractivity contribution in [1.29, 1.82) is 0 Å². The molecular weight excluding hydrogens is 236 g/mol. The van der Waals surface area contributed by atoms with E-state index in [1.807, 2.05) is 24.3 Å². The molecule has 1 aromatic heterocycles. The largest absolute Gasteiger partial charge is 0.487 e. The van der Waals surface area contributed by atoms with Crippen LogP contribution in [0.4, 0.5) is 0 Å². The fourth-order valence-corrected chi connectivity index (χ4v) is 1.69. The van der Waals surface area contributed by atoms with E-state index in [9.17, 15) is 0 Å². The maximum Gasteiger partial charge on any atom is 0.139 e. The molecule has 4 heteroatoms. The van der Waals surface area contributed by atoms with E-state index in [1.54, 1.807) is 18.5 Å². The van der Waals surface area contributed by atoms with Crippen molar-refractivity contribution >= 4 is 11.6 Å². The number of nitrogens with two attached hydrogens (primary N) is 1. The first kappa shape index (κ1) is 11.9. The Labute approximate surface area is 105 Å². The second-order valence-corrected chi connectivity index (χ2v) is 4.04. The number of halogens is 1. The molecule has 0 fully saturated rings. The predicted molar refractivity (Wildman–Crippen MR) is 67.9 cm³/mol. The fourth-order valence-electron chi connectivity index (χ4n) is 1.53. The predicted octanol–water partition coefficient (Wildman–Crippen LogP) is 2.77. The number of pyridine rings is 1. The van der Waals surface area contributed by atoms with E-state index < -0.39 is 0 Å². The van der Waals surface area contributed by atoms with E-state index in [0.29, 0.717) is 23.9 Å². The van der Waals surface area contributed by atoms with Gasteiger partial charge in [-0.25, -0.2) is 0 Å². The topological polar surface area (TPSA) is 48.1 Å². The third-order valence-corrected chi connectivity index (χ3v) is 2.62. The van der Waals surface area contributed by atoms with Gasteiger partial charge in [-0.05, 0) is 11.1 Å². The highest BCUT2D eigenvalue weighted by molar-refractivity contribution is 6.30. The molecule has 0 saturated heterocycles. The molecule has 2 rings (SSSR count). The summed E-state index contributed by atoms with van der Waals surface area (Å²) in [6.07, 6.45) is 3.21. The highest BCUT2D eigenvalue weighted by Crippen LogP contribution is 2.17. The van der Waals surface area contributed by atoms with Gasteiger partial charge in [0, 0.05) is 18.8 Å². The SMILES string of the molecule is NCc1ccccc1COc1cncc(Cl)c1. The minimum absolute atomic E-state index is 0.468. The molecule has 0 unspecified atom stereocenters. The summed E-state index contributed by atoms with van der Waals surface area (Å²) in [5.41, 5.74) is 7.82. The normalized spacial score (nSPS) is 10.2. The minimum atomic E-state index is 0.468. The minimum Gasteiger partial charge on any atom is -0.487 e. The van der Waals surface area contributed by atoms with Crippen LogP contribution >= 0.6 is 11.6 Å². The van der Waals surface area contributed by atoms with Crippen molar-refractivity contribution in [3.8, 4) is 5.75 Å². The highest BCUT2D eigenvalue weighted by atomic mass is 35.5. The van der Waals surface area contributed by atoms with Gasteiger partial charge in [0.05, 0.1) is 11.2 Å². The molecule has 0 aliphatic rings. The molecule has 2 N–H and O–H groups in total. The summed E-state index contributed by atoms with van der Waals surface area (Å²) in [6, 6.07) is 9.66. The first-order valence-corrected chi connectivity index (χ1v) is 5.67. The van der Waals surface area contributed by atoms with Crippen LogP contribution in [0.25, 0.3) is 0 Å². The third kappa shape index (κ3) is 3.19. The number of nitrogens with zero attached hydrogens (tertiary/aromatic N) is 1. The Bertz CT molecular complexity index is 502. The van der Waals surface area contributed by atoms with Crippen molar-refractivity contribution in [3.05, 3.63) is 58.9 Å². The number of ether oxygens (including phenoxy) is 1. The Hall–Kier alpha value is -1.58. The molecule has 0 radical (unpaired) electrons. The van der Waals surface area contributed by atoms with Gasteiger partial charge in [-0.2, -0.15) is 0 Å². The number of aromatic nitrogens is 1. The van der Waals surface area contributed by atoms with Gasteiger partial charge in [0.15, 0.2) is 0 Å². The van der Waals surface area contributed by atoms with Crippen molar-refractivity contribution in [1.82, 2.24) is 4.98 Å². The maximum atomic E-state index is 5.82. The highest BCUT2D eigenvalue weighted by Gasteiger charge is 2.01. The molecule has 0 amide bonds. The molecule has 17 heavy (non-hydrogen) atoms. The van der Waals surface area contributed by atoms with Gasteiger partial charge >= 0.3 is 0 Å². The number of hydrogen-bond acceptors (Lipinski definition) is 3. The molecule has 0 aliphatic carbocycles. The molecular formula is C13H13ClN2O. The zero-order valence-electron chi connectivity index (χ0n) is 9.27. The first-order valence-electron chi connectivity index (χ1n) is 5.30. The van der Waals surface area contributed by atoms with Crippen molar-refractivity contribution in [2.45, 2.75) is 13.2 Å². The van der Waals surface area contributed by atoms with Crippen LogP contribution in [0.1, 0.15) is 11.1 Å². The summed E-state index contributed by atoms with van der Waals surface area (Å²) in [5, 5.41) is 0.564. The van der Waals surface area contributed by atoms with Crippen LogP contribution in [0.5, 0.6) is 5.75 Å². The number of rotatable bonds is 4. The van der Waals surface area contributed by atoms with Crippen molar-refractivity contribution in [2.75, 3.05) is 0 Å². The molecule has 88 valence electrons. The van der Waals surface area contributed by atoms with Crippen LogP contribution in [0.3, 0.4) is 0 Å². The van der Waals surface area contributed by atoms with E-state index in [0.717, 1.165) is 11.1 Å². The van der Waals surface area contributed by atoms with Crippen LogP contribution in [0.15, 0.2) is 42.7 Å². The summed E-state index contributed by atoms with van der Waals surface area (Å²) in [4.78, 5) is 3.96. The molecule has 1 aromatic carbocycles. The maximum absolute atomic E-state index is 5.82. The van der Waals surface area contributed by atoms with Crippen molar-refractivity contribution in [2.24, 2.45) is 5.73 Å². The Morgan fingerprint density at radius 2 is 1.94 bits per heavy atom. The summed E-state index contributed by atoms with van der Waals surface area (Å²) >= 11 is 5.82. The fraction of sp³-hybridized carbons (Fsp3) is 0.154. The van der Waals surface area contributed by atoms with E-state index in [1.165, 1.54) is 0 Å². The average molecular weight is 249 g/mol. The zero-order valence-corrected chi connectivity index (χ0v) is 10.0. The van der Waals surface area contributed by atoms with E-state index in [-0.39, 0.29) is 0 Å². The molecule has 0 aliphatic heterocycles. The number of hydrogen-bond donors (Lipinski definition) is 1. The Kier molecular flexibility index (Phi) is 3.96. The Morgan fingerprint density at radius 3 is 2.65 bits per heavy atom. The Morgan fingerprint density at radius 1 is 1.18 bits per heavy atom. The lowest BCUT2D eigenvalue weighted by Gasteiger charge is -2.09. The first-order chi connectivity index (χ1) is 8.29. The monoisotopic (exact) mass is 248 g/mol. The van der Waals surface area contributed by atoms with Gasteiger partial charge in [-0.3, -0.25) is 4.98 Å². The second-order valence-electron chi connectivity index (χ2n) is 3.60. The van der Waals surface area contributed by atoms with Crippen LogP contribution in [0.2, 0.25) is 5.02 Å². The summed E-state index contributed by atoms with van der Waals surface area (Å²) in [6.45, 7) is 0.975. The summed E-state index contributed by atoms with van der Waals surface area (Å²) < 4.78 is 5.61. The van der Waals surface area contributed by atoms with E-state index >= 15 is 0 Å². The summed E-state index contributed by atoms with van der Waals surface area (Å²) in [5.74, 6) is 0.657. The van der Waals surface area contributed by atoms with Gasteiger partial charge in [0.25, 0.3) is 0 Å². The van der Waals surface area contributed by atoms with E-state index in [4.69, 9.17) is 22.1 Å². The Balaban J connectivity index is 2.07. The average Bonchev–Trinajstić information content (AvgIpc) is 2.37. The molecule has 3 nitrogen and oxygen atoms in total. The van der Waals surface area contributed by atoms with Gasteiger partial charge in [0.2, 0.25) is 0 Å². The molecule has 0 saturated carbocycles. The molecule has 0 spiro atoms.